The molecule has 25 nitrogen and oxygen atoms in total. The van der Waals surface area contributed by atoms with Gasteiger partial charge >= 0.3 is 11.9 Å². The van der Waals surface area contributed by atoms with E-state index in [1.807, 2.05) is 27.7 Å². The van der Waals surface area contributed by atoms with Crippen LogP contribution in [0.1, 0.15) is 121 Å². The van der Waals surface area contributed by atoms with E-state index in [9.17, 15) is 60.0 Å². The summed E-state index contributed by atoms with van der Waals surface area (Å²) in [6, 6.07) is 0. The van der Waals surface area contributed by atoms with Crippen LogP contribution in [0.15, 0.2) is 0 Å². The number of nitrogens with one attached hydrogen (secondary N) is 2. The number of aliphatic hydroxyl groups excluding tert-OH is 7. The van der Waals surface area contributed by atoms with Gasteiger partial charge < -0.3 is 101 Å². The Bertz CT molecular complexity index is 1650. The third kappa shape index (κ3) is 16.5. The fourth-order valence-corrected chi connectivity index (χ4v) is 8.85. The molecule has 2 bridgehead atoms. The molecule has 2 amide bonds. The Balaban J connectivity index is 0.000000450. The molecule has 0 aromatic heterocycles. The molecule has 0 spiro atoms. The van der Waals surface area contributed by atoms with Gasteiger partial charge in [0.15, 0.2) is 22.8 Å². The van der Waals surface area contributed by atoms with Crippen molar-refractivity contribution in [3.05, 3.63) is 0 Å². The van der Waals surface area contributed by atoms with Gasteiger partial charge in [-0.1, -0.05) is 20.8 Å². The Morgan fingerprint density at radius 1 is 0.580 bits per heavy atom. The van der Waals surface area contributed by atoms with Crippen LogP contribution in [0.3, 0.4) is 0 Å². The molecule has 0 aromatic carbocycles. The number of aliphatic carboxylic acids is 1. The number of aliphatic hydroxyl groups is 11. The predicted octanol–water partition coefficient (Wildman–Crippen LogP) is -3.63. The van der Waals surface area contributed by atoms with Crippen LogP contribution in [0.2, 0.25) is 0 Å². The molecule has 4 saturated carbocycles. The second kappa shape index (κ2) is 25.9. The third-order valence-corrected chi connectivity index (χ3v) is 12.4. The number of carbonyl (C=O) groups is 4. The summed E-state index contributed by atoms with van der Waals surface area (Å²) in [4.78, 5) is 45.5. The van der Waals surface area contributed by atoms with E-state index in [1.165, 1.54) is 0 Å². The van der Waals surface area contributed by atoms with Gasteiger partial charge in [0.1, 0.15) is 41.7 Å². The van der Waals surface area contributed by atoms with Crippen molar-refractivity contribution in [1.82, 2.24) is 10.6 Å². The molecule has 3 aliphatic heterocycles. The Morgan fingerprint density at radius 3 is 1.32 bits per heavy atom. The molecule has 26 heteroatoms. The van der Waals surface area contributed by atoms with Gasteiger partial charge in [-0.25, -0.2) is 14.8 Å². The largest absolute Gasteiger partial charge is 0.479 e. The highest BCUT2D eigenvalue weighted by Gasteiger charge is 2.63. The second-order valence-corrected chi connectivity index (χ2v) is 19.4. The van der Waals surface area contributed by atoms with E-state index in [0.29, 0.717) is 19.5 Å². The number of hydrogen-bond acceptors (Lipinski definition) is 22. The molecule has 0 aromatic rings. The van der Waals surface area contributed by atoms with Gasteiger partial charge in [0.05, 0.1) is 42.7 Å². The number of amides is 2. The van der Waals surface area contributed by atoms with Crippen molar-refractivity contribution in [1.29, 1.82) is 0 Å². The third-order valence-electron chi connectivity index (χ3n) is 12.4. The minimum absolute atomic E-state index is 0. The average Bonchev–Trinajstić information content (AvgIpc) is 3.85. The molecule has 0 radical (unpaired) electrons. The molecule has 406 valence electrons. The molecule has 3 saturated heterocycles. The number of halogens is 1. The first kappa shape index (κ1) is 62.6. The molecule has 0 unspecified atom stereocenters. The molecule has 3 heterocycles. The Morgan fingerprint density at radius 2 is 0.928 bits per heavy atom. The standard InChI is InChI=1S/C13H23NO5.C10H19NO5.C10H14O5.C7H12O6.C3H9N.ClH2N.H2/c1-4-5-14-11(16)13(17)6-8(15)10-9(7-13)18-12(2,3)19-10;1-2-3-11-9(15)10(16)4-6(12)8(14)7(13)5-10;1-9(2)14-6-4-10(12)3-5(7(6)15-9)13-8(10)11;8-3-1-7(13,6(11)12)2-4(9)5(3)10;1-2-3-4;1-2;/h8-10,15,17H,4-7H2,1-3H3,(H,14,16);6-8,12-14,16H,2-5H2,1H3,(H,11,15);5-7,12H,3-4H2,1-2H3;3-5,8-10,13H,1-2H2,(H,11,12);2-4H2,1H3;2H2;1H/t8-,9-,10+,13-;6-,7-,8?,10?;5-,6-,7+,10-;3-,4-,5?,7?;;;/m1111.../s1/i;;;;;;1+1. The maximum absolute atomic E-state index is 12.0. The SMILES string of the molecule is CC1(C)O[C@H]2[C@H]3C[C@@](O)(C[C@H]2O1)C(=O)O3.CCCN.CCCNC(=O)C1(O)C[C@@H](O)C(O)[C@H](O)C1.CCCNC(=O)[C@@]1(O)C[C@@H](O)[C@@H]2OC(C)(C)O[C@@H]2C1.NCl.O=C(O)C1(O)C[C@@H](O)C(O)[C@H](O)C1.[2HH]. The van der Waals surface area contributed by atoms with Crippen LogP contribution in [0, 0.1) is 0 Å². The quantitative estimate of drug-likeness (QED) is 0.0824. The number of carboxylic acid groups (broad SMARTS) is 1. The zero-order valence-electron chi connectivity index (χ0n) is 40.4. The highest BCUT2D eigenvalue weighted by Crippen LogP contribution is 2.46. The monoisotopic (exact) mass is 1030 g/mol. The van der Waals surface area contributed by atoms with Gasteiger partial charge in [-0.3, -0.25) is 9.59 Å². The van der Waals surface area contributed by atoms with Crippen molar-refractivity contribution >= 4 is 35.5 Å². The van der Waals surface area contributed by atoms with E-state index in [2.05, 4.69) is 34.6 Å². The van der Waals surface area contributed by atoms with Gasteiger partial charge in [0, 0.05) is 65.9 Å². The van der Waals surface area contributed by atoms with Gasteiger partial charge in [-0.15, -0.1) is 0 Å². The first-order chi connectivity index (χ1) is 31.9. The number of esters is 1. The van der Waals surface area contributed by atoms with Gasteiger partial charge in [0.25, 0.3) is 11.8 Å². The van der Waals surface area contributed by atoms with Crippen molar-refractivity contribution in [3.8, 4) is 0 Å². The van der Waals surface area contributed by atoms with Gasteiger partial charge in [-0.05, 0) is 65.3 Å². The molecule has 7 rings (SSSR count). The number of fused-ring (bicyclic) bond motifs is 5. The van der Waals surface area contributed by atoms with Crippen LogP contribution in [0.5, 0.6) is 0 Å². The number of rotatable bonds is 8. The maximum atomic E-state index is 12.0. The van der Waals surface area contributed by atoms with Crippen molar-refractivity contribution < 1.29 is 106 Å². The Kier molecular flexibility index (Phi) is 23.5. The smallest absolute Gasteiger partial charge is 0.338 e. The molecule has 69 heavy (non-hydrogen) atoms. The number of carboxylic acids is 1. The zero-order chi connectivity index (χ0) is 53.1. The van der Waals surface area contributed by atoms with Crippen LogP contribution in [-0.2, 0) is 42.9 Å². The van der Waals surface area contributed by atoms with Gasteiger partial charge in [-0.2, -0.15) is 0 Å². The van der Waals surface area contributed by atoms with E-state index in [1.54, 1.807) is 13.8 Å². The maximum Gasteiger partial charge on any atom is 0.338 e. The molecule has 7 fully saturated rings. The lowest BCUT2D eigenvalue weighted by atomic mass is 9.79. The number of ether oxygens (including phenoxy) is 5. The summed E-state index contributed by atoms with van der Waals surface area (Å²) in [5.41, 5.74) is -1.85. The summed E-state index contributed by atoms with van der Waals surface area (Å²) in [7, 11) is 0. The van der Waals surface area contributed by atoms with E-state index >= 15 is 0 Å². The molecule has 12 atom stereocenters. The Hall–Kier alpha value is -2.51. The topological polar surface area (TPSA) is 433 Å². The lowest BCUT2D eigenvalue weighted by Crippen LogP contribution is -2.59. The minimum Gasteiger partial charge on any atom is -0.479 e. The zero-order valence-corrected chi connectivity index (χ0v) is 41.2. The summed E-state index contributed by atoms with van der Waals surface area (Å²) < 4.78 is 27.7. The molecular weight excluding hydrogens is 944 g/mol. The van der Waals surface area contributed by atoms with Crippen LogP contribution >= 0.6 is 11.8 Å². The highest BCUT2D eigenvalue weighted by atomic mass is 35.5. The van der Waals surface area contributed by atoms with Crippen molar-refractivity contribution in [3.63, 3.8) is 0 Å². The molecule has 7 aliphatic rings. The summed E-state index contributed by atoms with van der Waals surface area (Å²) in [6.07, 6.45) is -8.90. The molecule has 18 N–H and O–H groups in total. The molecule has 4 aliphatic carbocycles. The average molecular weight is 1030 g/mol. The van der Waals surface area contributed by atoms with Crippen LogP contribution < -0.4 is 21.6 Å². The predicted molar refractivity (Wildman–Crippen MR) is 242 cm³/mol. The molecular formula is C43H81ClN4O21. The summed E-state index contributed by atoms with van der Waals surface area (Å²) in [5.74, 6) is -4.53. The first-order valence-electron chi connectivity index (χ1n) is 23.2. The van der Waals surface area contributed by atoms with Crippen molar-refractivity contribution in [2.75, 3.05) is 19.6 Å². The van der Waals surface area contributed by atoms with Crippen LogP contribution in [0.25, 0.3) is 0 Å². The number of hydrogen-bond donors (Lipinski definition) is 16. The highest BCUT2D eigenvalue weighted by molar-refractivity contribution is 6.11. The lowest BCUT2D eigenvalue weighted by Gasteiger charge is -2.39. The summed E-state index contributed by atoms with van der Waals surface area (Å²) in [5, 5.41) is 123. The minimum atomic E-state index is -2.14. The van der Waals surface area contributed by atoms with Crippen molar-refractivity contribution in [2.24, 2.45) is 11.0 Å². The second-order valence-electron chi connectivity index (χ2n) is 19.4. The Labute approximate surface area is 407 Å². The van der Waals surface area contributed by atoms with Crippen LogP contribution in [-0.4, -0.2) is 212 Å². The van der Waals surface area contributed by atoms with Gasteiger partial charge in [0.2, 0.25) is 0 Å². The fraction of sp³-hybridized carbons (Fsp3) is 0.907. The van der Waals surface area contributed by atoms with Crippen LogP contribution in [0.4, 0.5) is 0 Å². The summed E-state index contributed by atoms with van der Waals surface area (Å²) >= 11 is 4.14. The summed E-state index contributed by atoms with van der Waals surface area (Å²) in [6.45, 7) is 14.8. The van der Waals surface area contributed by atoms with E-state index in [-0.39, 0.29) is 51.8 Å². The van der Waals surface area contributed by atoms with E-state index < -0.39 is 126 Å². The van der Waals surface area contributed by atoms with E-state index in [0.717, 1.165) is 25.8 Å². The van der Waals surface area contributed by atoms with Crippen molar-refractivity contribution in [2.45, 2.75) is 226 Å². The lowest BCUT2D eigenvalue weighted by molar-refractivity contribution is -0.187. The number of carbonyl (C=O) groups excluding carboxylic acids is 3. The van der Waals surface area contributed by atoms with E-state index in [4.69, 9.17) is 49.8 Å². The fourth-order valence-electron chi connectivity index (χ4n) is 8.85. The normalized spacial score (nSPS) is 40.7. The number of nitrogens with two attached hydrogens (primary N) is 2. The first-order valence-corrected chi connectivity index (χ1v) is 23.6.